The van der Waals surface area contributed by atoms with Crippen molar-refractivity contribution in [2.75, 3.05) is 6.54 Å². The summed E-state index contributed by atoms with van der Waals surface area (Å²) in [7, 11) is 0. The van der Waals surface area contributed by atoms with E-state index in [0.717, 1.165) is 12.8 Å². The van der Waals surface area contributed by atoms with E-state index in [1.807, 2.05) is 33.0 Å². The fourth-order valence-electron chi connectivity index (χ4n) is 3.08. The molecule has 0 radical (unpaired) electrons. The molecule has 3 atom stereocenters. The maximum absolute atomic E-state index is 11.8. The third kappa shape index (κ3) is 5.82. The number of aromatic nitrogens is 1. The second-order valence-corrected chi connectivity index (χ2v) is 7.35. The van der Waals surface area contributed by atoms with Gasteiger partial charge in [0.05, 0.1) is 0 Å². The molecule has 1 heterocycles. The standard InChI is InChI=1S/C18H29N3O2/c1-13(14-8-6-10-19-11-14)21-16-9-5-7-15(16)12-20-17(22)23-18(2,3)4/h6,8,10-11,13,15-16,21H,5,7,9,12H2,1-4H3,(H,20,22)/t13-,15?,16?/m1/s1. The lowest BCUT2D eigenvalue weighted by Crippen LogP contribution is -2.41. The van der Waals surface area contributed by atoms with Gasteiger partial charge in [-0.05, 0) is 58.1 Å². The maximum Gasteiger partial charge on any atom is 0.407 e. The number of nitrogens with zero attached hydrogens (tertiary/aromatic N) is 1. The van der Waals surface area contributed by atoms with Gasteiger partial charge in [0.2, 0.25) is 0 Å². The molecule has 1 fully saturated rings. The van der Waals surface area contributed by atoms with Gasteiger partial charge >= 0.3 is 6.09 Å². The van der Waals surface area contributed by atoms with Crippen LogP contribution in [0, 0.1) is 5.92 Å². The quantitative estimate of drug-likeness (QED) is 0.873. The number of hydrogen-bond acceptors (Lipinski definition) is 4. The molecule has 23 heavy (non-hydrogen) atoms. The Hall–Kier alpha value is -1.62. The molecule has 1 aromatic rings. The number of ether oxygens (including phenoxy) is 1. The Labute approximate surface area is 139 Å². The molecular weight excluding hydrogens is 290 g/mol. The predicted octanol–water partition coefficient (Wildman–Crippen LogP) is 3.43. The van der Waals surface area contributed by atoms with Crippen molar-refractivity contribution in [3.63, 3.8) is 0 Å². The van der Waals surface area contributed by atoms with Crippen LogP contribution in [0.15, 0.2) is 24.5 Å². The monoisotopic (exact) mass is 319 g/mol. The van der Waals surface area contributed by atoms with Gasteiger partial charge in [0.15, 0.2) is 0 Å². The Kier molecular flexibility index (Phi) is 5.99. The van der Waals surface area contributed by atoms with Crippen LogP contribution in [0.1, 0.15) is 58.6 Å². The molecule has 0 aliphatic heterocycles. The van der Waals surface area contributed by atoms with Gasteiger partial charge in [-0.25, -0.2) is 4.79 Å². The van der Waals surface area contributed by atoms with E-state index in [-0.39, 0.29) is 12.1 Å². The minimum atomic E-state index is -0.452. The van der Waals surface area contributed by atoms with Gasteiger partial charge in [-0.1, -0.05) is 12.5 Å². The Morgan fingerprint density at radius 3 is 2.87 bits per heavy atom. The largest absolute Gasteiger partial charge is 0.444 e. The molecule has 5 heteroatoms. The van der Waals surface area contributed by atoms with Crippen molar-refractivity contribution in [1.82, 2.24) is 15.6 Å². The van der Waals surface area contributed by atoms with Gasteiger partial charge in [0, 0.05) is 31.0 Å². The molecule has 0 spiro atoms. The van der Waals surface area contributed by atoms with E-state index in [9.17, 15) is 4.79 Å². The highest BCUT2D eigenvalue weighted by atomic mass is 16.6. The lowest BCUT2D eigenvalue weighted by atomic mass is 10.0. The fourth-order valence-corrected chi connectivity index (χ4v) is 3.08. The average Bonchev–Trinajstić information content (AvgIpc) is 2.91. The van der Waals surface area contributed by atoms with Crippen molar-refractivity contribution in [1.29, 1.82) is 0 Å². The molecule has 0 aromatic carbocycles. The molecule has 5 nitrogen and oxygen atoms in total. The van der Waals surface area contributed by atoms with Crippen LogP contribution in [0.2, 0.25) is 0 Å². The number of hydrogen-bond donors (Lipinski definition) is 2. The third-order valence-electron chi connectivity index (χ3n) is 4.22. The van der Waals surface area contributed by atoms with E-state index in [1.54, 1.807) is 6.20 Å². The van der Waals surface area contributed by atoms with E-state index in [0.29, 0.717) is 18.5 Å². The van der Waals surface area contributed by atoms with Crippen LogP contribution < -0.4 is 10.6 Å². The second-order valence-electron chi connectivity index (χ2n) is 7.35. The highest BCUT2D eigenvalue weighted by Crippen LogP contribution is 2.27. The first-order valence-electron chi connectivity index (χ1n) is 8.48. The molecule has 1 amide bonds. The number of rotatable bonds is 5. The number of alkyl carbamates (subject to hydrolysis) is 1. The van der Waals surface area contributed by atoms with Crippen LogP contribution in [-0.4, -0.2) is 29.3 Å². The second kappa shape index (κ2) is 7.77. The summed E-state index contributed by atoms with van der Waals surface area (Å²) >= 11 is 0. The summed E-state index contributed by atoms with van der Waals surface area (Å²) in [4.78, 5) is 16.0. The molecular formula is C18H29N3O2. The minimum absolute atomic E-state index is 0.260. The van der Waals surface area contributed by atoms with E-state index in [2.05, 4.69) is 28.6 Å². The van der Waals surface area contributed by atoms with Gasteiger partial charge in [-0.2, -0.15) is 0 Å². The molecule has 1 aromatic heterocycles. The maximum atomic E-state index is 11.8. The summed E-state index contributed by atoms with van der Waals surface area (Å²) in [6.07, 6.45) is 6.83. The van der Waals surface area contributed by atoms with Crippen LogP contribution in [0.25, 0.3) is 0 Å². The number of carbonyl (C=O) groups is 1. The Balaban J connectivity index is 1.82. The highest BCUT2D eigenvalue weighted by Gasteiger charge is 2.29. The van der Waals surface area contributed by atoms with Crippen molar-refractivity contribution in [2.24, 2.45) is 5.92 Å². The summed E-state index contributed by atoms with van der Waals surface area (Å²) in [5.74, 6) is 0.446. The Morgan fingerprint density at radius 2 is 2.22 bits per heavy atom. The normalized spacial score (nSPS) is 22.6. The van der Waals surface area contributed by atoms with Crippen molar-refractivity contribution in [2.45, 2.75) is 64.6 Å². The van der Waals surface area contributed by atoms with Crippen molar-refractivity contribution in [3.8, 4) is 0 Å². The van der Waals surface area contributed by atoms with Gasteiger partial charge in [0.1, 0.15) is 5.60 Å². The van der Waals surface area contributed by atoms with Gasteiger partial charge in [-0.15, -0.1) is 0 Å². The minimum Gasteiger partial charge on any atom is -0.444 e. The first-order valence-corrected chi connectivity index (χ1v) is 8.48. The summed E-state index contributed by atoms with van der Waals surface area (Å²) < 4.78 is 5.30. The van der Waals surface area contributed by atoms with Crippen LogP contribution >= 0.6 is 0 Å². The molecule has 1 aliphatic rings. The molecule has 2 rings (SSSR count). The zero-order valence-electron chi connectivity index (χ0n) is 14.6. The SMILES string of the molecule is C[C@@H](NC1CCCC1CNC(=O)OC(C)(C)C)c1cccnc1. The zero-order valence-corrected chi connectivity index (χ0v) is 14.6. The Bertz CT molecular complexity index is 499. The number of pyridine rings is 1. The van der Waals surface area contributed by atoms with Crippen molar-refractivity contribution >= 4 is 6.09 Å². The van der Waals surface area contributed by atoms with Gasteiger partial charge < -0.3 is 15.4 Å². The molecule has 1 aliphatic carbocycles. The topological polar surface area (TPSA) is 63.2 Å². The van der Waals surface area contributed by atoms with E-state index in [4.69, 9.17) is 4.74 Å². The summed E-state index contributed by atoms with van der Waals surface area (Å²) in [5.41, 5.74) is 0.741. The van der Waals surface area contributed by atoms with Crippen LogP contribution in [0.5, 0.6) is 0 Å². The smallest absolute Gasteiger partial charge is 0.407 e. The summed E-state index contributed by atoms with van der Waals surface area (Å²) in [5, 5.41) is 6.60. The first kappa shape index (κ1) is 17.7. The van der Waals surface area contributed by atoms with Crippen LogP contribution in [0.3, 0.4) is 0 Å². The summed E-state index contributed by atoms with van der Waals surface area (Å²) in [6.45, 7) is 8.45. The van der Waals surface area contributed by atoms with E-state index >= 15 is 0 Å². The van der Waals surface area contributed by atoms with Gasteiger partial charge in [-0.3, -0.25) is 4.98 Å². The van der Waals surface area contributed by atoms with Crippen LogP contribution in [0.4, 0.5) is 4.79 Å². The predicted molar refractivity (Wildman–Crippen MR) is 91.2 cm³/mol. The number of nitrogens with one attached hydrogen (secondary N) is 2. The average molecular weight is 319 g/mol. The van der Waals surface area contributed by atoms with Crippen LogP contribution in [-0.2, 0) is 4.74 Å². The molecule has 2 unspecified atom stereocenters. The molecule has 128 valence electrons. The third-order valence-corrected chi connectivity index (χ3v) is 4.22. The Morgan fingerprint density at radius 1 is 1.43 bits per heavy atom. The highest BCUT2D eigenvalue weighted by molar-refractivity contribution is 5.67. The van der Waals surface area contributed by atoms with E-state index in [1.165, 1.54) is 12.0 Å². The van der Waals surface area contributed by atoms with Crippen molar-refractivity contribution < 1.29 is 9.53 Å². The van der Waals surface area contributed by atoms with Crippen molar-refractivity contribution in [3.05, 3.63) is 30.1 Å². The van der Waals surface area contributed by atoms with Gasteiger partial charge in [0.25, 0.3) is 0 Å². The lowest BCUT2D eigenvalue weighted by molar-refractivity contribution is 0.0517. The molecule has 2 N–H and O–H groups in total. The first-order chi connectivity index (χ1) is 10.8. The van der Waals surface area contributed by atoms with E-state index < -0.39 is 5.60 Å². The molecule has 1 saturated carbocycles. The number of carbonyl (C=O) groups excluding carboxylic acids is 1. The summed E-state index contributed by atoms with van der Waals surface area (Å²) in [6, 6.07) is 4.73. The molecule has 0 bridgehead atoms. The zero-order chi connectivity index (χ0) is 16.9. The number of amides is 1. The fraction of sp³-hybridized carbons (Fsp3) is 0.667. The molecule has 0 saturated heterocycles. The lowest BCUT2D eigenvalue weighted by Gasteiger charge is -2.26.